The second-order valence-electron chi connectivity index (χ2n) is 4.07. The lowest BCUT2D eigenvalue weighted by molar-refractivity contribution is 0.534. The van der Waals surface area contributed by atoms with Gasteiger partial charge in [0.2, 0.25) is 0 Å². The van der Waals surface area contributed by atoms with Crippen LogP contribution in [0.1, 0.15) is 5.56 Å². The molecule has 0 amide bonds. The highest BCUT2D eigenvalue weighted by molar-refractivity contribution is 7.79. The van der Waals surface area contributed by atoms with Crippen LogP contribution in [0.3, 0.4) is 0 Å². The number of halogens is 1. The van der Waals surface area contributed by atoms with Gasteiger partial charge in [-0.3, -0.25) is 4.21 Å². The molecule has 5 heteroatoms. The molecular formula is C14H13ClNO2S-. The van der Waals surface area contributed by atoms with Gasteiger partial charge in [0.15, 0.2) is 0 Å². The van der Waals surface area contributed by atoms with Crippen molar-refractivity contribution in [1.82, 2.24) is 0 Å². The van der Waals surface area contributed by atoms with Crippen molar-refractivity contribution < 1.29 is 8.76 Å². The highest BCUT2D eigenvalue weighted by atomic mass is 35.5. The highest BCUT2D eigenvalue weighted by Gasteiger charge is 2.10. The predicted octanol–water partition coefficient (Wildman–Crippen LogP) is 3.18. The molecule has 0 fully saturated rings. The first-order valence-corrected chi connectivity index (χ1v) is 7.38. The molecule has 2 rings (SSSR count). The first-order valence-electron chi connectivity index (χ1n) is 5.76. The SMILES string of the molecule is O=S([O-])CN(Cc1ccccc1)c1ccccc1Cl. The van der Waals surface area contributed by atoms with Gasteiger partial charge in [-0.05, 0) is 28.8 Å². The average molecular weight is 295 g/mol. The quantitative estimate of drug-likeness (QED) is 0.796. The molecule has 0 spiro atoms. The van der Waals surface area contributed by atoms with Crippen LogP contribution in [-0.4, -0.2) is 14.6 Å². The molecule has 0 aliphatic carbocycles. The van der Waals surface area contributed by atoms with Gasteiger partial charge >= 0.3 is 0 Å². The van der Waals surface area contributed by atoms with Crippen LogP contribution in [0.4, 0.5) is 5.69 Å². The zero-order chi connectivity index (χ0) is 13.7. The lowest BCUT2D eigenvalue weighted by Crippen LogP contribution is -2.26. The van der Waals surface area contributed by atoms with E-state index >= 15 is 0 Å². The smallest absolute Gasteiger partial charge is 0.0810 e. The topological polar surface area (TPSA) is 43.4 Å². The zero-order valence-electron chi connectivity index (χ0n) is 10.2. The van der Waals surface area contributed by atoms with Gasteiger partial charge in [-0.2, -0.15) is 0 Å². The van der Waals surface area contributed by atoms with Crippen LogP contribution in [0.15, 0.2) is 54.6 Å². The second-order valence-corrected chi connectivity index (χ2v) is 5.34. The van der Waals surface area contributed by atoms with Gasteiger partial charge in [-0.25, -0.2) is 0 Å². The van der Waals surface area contributed by atoms with Gasteiger partial charge < -0.3 is 9.45 Å². The van der Waals surface area contributed by atoms with E-state index in [0.29, 0.717) is 11.6 Å². The van der Waals surface area contributed by atoms with Gasteiger partial charge in [0.05, 0.1) is 16.6 Å². The van der Waals surface area contributed by atoms with Crippen LogP contribution in [0.2, 0.25) is 5.02 Å². The fourth-order valence-corrected chi connectivity index (χ4v) is 2.58. The first kappa shape index (κ1) is 14.1. The Morgan fingerprint density at radius 1 is 1.05 bits per heavy atom. The maximum absolute atomic E-state index is 11.0. The Kier molecular flexibility index (Phi) is 4.96. The molecule has 19 heavy (non-hydrogen) atoms. The summed E-state index contributed by atoms with van der Waals surface area (Å²) in [6.07, 6.45) is 0. The minimum atomic E-state index is -2.16. The highest BCUT2D eigenvalue weighted by Crippen LogP contribution is 2.26. The third kappa shape index (κ3) is 4.06. The van der Waals surface area contributed by atoms with Gasteiger partial charge in [0.1, 0.15) is 0 Å². The molecular weight excluding hydrogens is 282 g/mol. The van der Waals surface area contributed by atoms with E-state index in [1.165, 1.54) is 0 Å². The lowest BCUT2D eigenvalue weighted by atomic mass is 10.2. The molecule has 100 valence electrons. The monoisotopic (exact) mass is 294 g/mol. The van der Waals surface area contributed by atoms with Gasteiger partial charge in [-0.1, -0.05) is 54.1 Å². The summed E-state index contributed by atoms with van der Waals surface area (Å²) in [4.78, 5) is 1.74. The molecule has 0 saturated carbocycles. The molecule has 2 aromatic rings. The maximum Gasteiger partial charge on any atom is 0.0810 e. The van der Waals surface area contributed by atoms with E-state index in [1.807, 2.05) is 48.5 Å². The van der Waals surface area contributed by atoms with E-state index in [0.717, 1.165) is 11.3 Å². The normalized spacial score (nSPS) is 12.1. The fourth-order valence-electron chi connectivity index (χ4n) is 1.84. The Balaban J connectivity index is 2.26. The number of hydrogen-bond acceptors (Lipinski definition) is 3. The van der Waals surface area contributed by atoms with Crippen LogP contribution >= 0.6 is 11.6 Å². The van der Waals surface area contributed by atoms with Crippen LogP contribution < -0.4 is 4.90 Å². The number of anilines is 1. The molecule has 0 aliphatic heterocycles. The Hall–Kier alpha value is -1.36. The summed E-state index contributed by atoms with van der Waals surface area (Å²) in [5.74, 6) is -0.0847. The molecule has 1 atom stereocenters. The summed E-state index contributed by atoms with van der Waals surface area (Å²) >= 11 is 3.97. The van der Waals surface area contributed by atoms with Crippen molar-refractivity contribution in [1.29, 1.82) is 0 Å². The number of benzene rings is 2. The van der Waals surface area contributed by atoms with Gasteiger partial charge in [0, 0.05) is 6.54 Å². The molecule has 2 aromatic carbocycles. The molecule has 0 radical (unpaired) electrons. The van der Waals surface area contributed by atoms with E-state index in [1.54, 1.807) is 11.0 Å². The Morgan fingerprint density at radius 3 is 2.32 bits per heavy atom. The number of hydrogen-bond donors (Lipinski definition) is 0. The van der Waals surface area contributed by atoms with Crippen LogP contribution in [0.25, 0.3) is 0 Å². The standard InChI is InChI=1S/C14H14ClNO2S/c15-13-8-4-5-9-14(13)16(11-19(17)18)10-12-6-2-1-3-7-12/h1-9H,10-11H2,(H,17,18)/p-1. The summed E-state index contributed by atoms with van der Waals surface area (Å²) in [7, 11) is 0. The molecule has 0 bridgehead atoms. The van der Waals surface area contributed by atoms with E-state index in [-0.39, 0.29) is 5.88 Å². The molecule has 0 heterocycles. The Labute approximate surface area is 120 Å². The molecule has 1 unspecified atom stereocenters. The molecule has 0 saturated heterocycles. The summed E-state index contributed by atoms with van der Waals surface area (Å²) in [6, 6.07) is 16.9. The third-order valence-electron chi connectivity index (χ3n) is 2.67. The number of para-hydroxylation sites is 1. The molecule has 0 aromatic heterocycles. The minimum absolute atomic E-state index is 0.0847. The van der Waals surface area contributed by atoms with Crippen LogP contribution in [0, 0.1) is 0 Å². The van der Waals surface area contributed by atoms with Crippen LogP contribution in [0.5, 0.6) is 0 Å². The van der Waals surface area contributed by atoms with Crippen molar-refractivity contribution in [2.24, 2.45) is 0 Å². The fraction of sp³-hybridized carbons (Fsp3) is 0.143. The Morgan fingerprint density at radius 2 is 1.68 bits per heavy atom. The van der Waals surface area contributed by atoms with Crippen molar-refractivity contribution >= 4 is 28.4 Å². The summed E-state index contributed by atoms with van der Waals surface area (Å²) in [6.45, 7) is 0.499. The molecule has 3 nitrogen and oxygen atoms in total. The predicted molar refractivity (Wildman–Crippen MR) is 77.9 cm³/mol. The van der Waals surface area contributed by atoms with E-state index < -0.39 is 11.1 Å². The molecule has 0 N–H and O–H groups in total. The van der Waals surface area contributed by atoms with E-state index in [2.05, 4.69) is 0 Å². The zero-order valence-corrected chi connectivity index (χ0v) is 11.7. The van der Waals surface area contributed by atoms with E-state index in [4.69, 9.17) is 11.6 Å². The largest absolute Gasteiger partial charge is 0.771 e. The van der Waals surface area contributed by atoms with Crippen molar-refractivity contribution in [3.8, 4) is 0 Å². The van der Waals surface area contributed by atoms with Crippen molar-refractivity contribution in [2.75, 3.05) is 10.8 Å². The van der Waals surface area contributed by atoms with E-state index in [9.17, 15) is 8.76 Å². The average Bonchev–Trinajstić information content (AvgIpc) is 2.39. The summed E-state index contributed by atoms with van der Waals surface area (Å²) in [5, 5.41) is 0.545. The summed E-state index contributed by atoms with van der Waals surface area (Å²) < 4.78 is 22.0. The van der Waals surface area contributed by atoms with Crippen molar-refractivity contribution in [3.63, 3.8) is 0 Å². The lowest BCUT2D eigenvalue weighted by Gasteiger charge is -2.26. The summed E-state index contributed by atoms with van der Waals surface area (Å²) in [5.41, 5.74) is 1.75. The number of rotatable bonds is 5. The maximum atomic E-state index is 11.0. The van der Waals surface area contributed by atoms with Gasteiger partial charge in [-0.15, -0.1) is 0 Å². The van der Waals surface area contributed by atoms with Crippen LogP contribution in [-0.2, 0) is 17.6 Å². The minimum Gasteiger partial charge on any atom is -0.771 e. The van der Waals surface area contributed by atoms with Crippen molar-refractivity contribution in [3.05, 3.63) is 65.2 Å². The first-order chi connectivity index (χ1) is 9.16. The third-order valence-corrected chi connectivity index (χ3v) is 3.51. The Bertz CT molecular complexity index is 562. The second kappa shape index (κ2) is 6.70. The van der Waals surface area contributed by atoms with Crippen molar-refractivity contribution in [2.45, 2.75) is 6.54 Å². The number of nitrogens with zero attached hydrogens (tertiary/aromatic N) is 1. The van der Waals surface area contributed by atoms with Gasteiger partial charge in [0.25, 0.3) is 0 Å². The molecule has 0 aliphatic rings.